The van der Waals surface area contributed by atoms with Crippen LogP contribution in [0, 0.1) is 10.1 Å². The van der Waals surface area contributed by atoms with E-state index in [0.717, 1.165) is 6.08 Å². The molecule has 7 heteroatoms. The third kappa shape index (κ3) is 3.24. The van der Waals surface area contributed by atoms with Gasteiger partial charge in [0.25, 0.3) is 5.70 Å². The van der Waals surface area contributed by atoms with E-state index in [1.54, 1.807) is 18.2 Å². The van der Waals surface area contributed by atoms with E-state index in [0.29, 0.717) is 16.2 Å². The van der Waals surface area contributed by atoms with Crippen LogP contribution in [0.1, 0.15) is 12.0 Å². The van der Waals surface area contributed by atoms with Crippen LogP contribution in [-0.2, 0) is 10.4 Å². The van der Waals surface area contributed by atoms with Gasteiger partial charge in [0.05, 0.1) is 4.92 Å². The Labute approximate surface area is 131 Å². The molecule has 0 aliphatic heterocycles. The minimum atomic E-state index is -1.83. The molecule has 114 valence electrons. The Morgan fingerprint density at radius 1 is 1.45 bits per heavy atom. The molecule has 1 aliphatic rings. The van der Waals surface area contributed by atoms with Crippen molar-refractivity contribution in [3.8, 4) is 0 Å². The van der Waals surface area contributed by atoms with E-state index in [2.05, 4.69) is 0 Å². The van der Waals surface area contributed by atoms with E-state index in [4.69, 9.17) is 17.3 Å². The smallest absolute Gasteiger partial charge is 0.282 e. The average Bonchev–Trinajstić information content (AvgIpc) is 2.44. The molecular weight excluding hydrogens is 308 g/mol. The molecule has 6 nitrogen and oxygen atoms in total. The van der Waals surface area contributed by atoms with Crippen LogP contribution in [0.5, 0.6) is 0 Å². The fourth-order valence-corrected chi connectivity index (χ4v) is 2.47. The Bertz CT molecular complexity index is 724. The fraction of sp³-hybridized carbons (Fsp3) is 0.133. The molecule has 1 amide bonds. The molecule has 0 saturated heterocycles. The van der Waals surface area contributed by atoms with Crippen molar-refractivity contribution in [2.75, 3.05) is 0 Å². The van der Waals surface area contributed by atoms with Crippen LogP contribution in [-0.4, -0.2) is 15.9 Å². The standard InChI is InChI=1S/C15H13ClN2O4/c16-12-3-1-2-11(8-12)15(20)9-10(5-7-14(17)19)4-6-13(15)18(21)22/h1-8,20H,9H2,(H2,17,19)/b7-5+. The number of primary amides is 1. The number of carbonyl (C=O) groups is 1. The number of carbonyl (C=O) groups excluding carboxylic acids is 1. The molecule has 0 fully saturated rings. The highest BCUT2D eigenvalue weighted by Crippen LogP contribution is 2.39. The van der Waals surface area contributed by atoms with Crippen molar-refractivity contribution < 1.29 is 14.8 Å². The number of benzene rings is 1. The number of hydrogen-bond acceptors (Lipinski definition) is 4. The van der Waals surface area contributed by atoms with E-state index in [-0.39, 0.29) is 12.1 Å². The Balaban J connectivity index is 2.49. The van der Waals surface area contributed by atoms with Crippen LogP contribution in [0.15, 0.2) is 59.8 Å². The van der Waals surface area contributed by atoms with Gasteiger partial charge in [0.15, 0.2) is 5.60 Å². The molecule has 2 rings (SSSR count). The molecule has 0 spiro atoms. The highest BCUT2D eigenvalue weighted by molar-refractivity contribution is 6.30. The molecule has 0 saturated carbocycles. The molecule has 22 heavy (non-hydrogen) atoms. The molecule has 1 aromatic carbocycles. The van der Waals surface area contributed by atoms with Gasteiger partial charge >= 0.3 is 0 Å². The molecule has 0 heterocycles. The summed E-state index contributed by atoms with van der Waals surface area (Å²) in [5.41, 5.74) is 3.68. The monoisotopic (exact) mass is 320 g/mol. The van der Waals surface area contributed by atoms with Crippen molar-refractivity contribution >= 4 is 17.5 Å². The zero-order valence-corrected chi connectivity index (χ0v) is 12.2. The molecule has 0 aromatic heterocycles. The fourth-order valence-electron chi connectivity index (χ4n) is 2.28. The molecule has 1 aromatic rings. The Morgan fingerprint density at radius 3 is 2.77 bits per heavy atom. The summed E-state index contributed by atoms with van der Waals surface area (Å²) in [4.78, 5) is 21.4. The van der Waals surface area contributed by atoms with Crippen molar-refractivity contribution in [2.45, 2.75) is 12.0 Å². The number of hydrogen-bond donors (Lipinski definition) is 2. The van der Waals surface area contributed by atoms with Gasteiger partial charge in [0, 0.05) is 23.6 Å². The Morgan fingerprint density at radius 2 is 2.18 bits per heavy atom. The summed E-state index contributed by atoms with van der Waals surface area (Å²) in [5, 5.41) is 22.5. The lowest BCUT2D eigenvalue weighted by Crippen LogP contribution is -2.34. The largest absolute Gasteiger partial charge is 0.374 e. The second-order valence-electron chi connectivity index (χ2n) is 4.83. The zero-order valence-electron chi connectivity index (χ0n) is 11.4. The minimum absolute atomic E-state index is 0.0655. The number of halogens is 1. The van der Waals surface area contributed by atoms with Crippen LogP contribution in [0.2, 0.25) is 5.02 Å². The van der Waals surface area contributed by atoms with Crippen LogP contribution in [0.4, 0.5) is 0 Å². The predicted octanol–water partition coefficient (Wildman–Crippen LogP) is 2.06. The number of nitro groups is 1. The lowest BCUT2D eigenvalue weighted by molar-refractivity contribution is -0.446. The number of rotatable bonds is 4. The maximum Gasteiger partial charge on any atom is 0.282 e. The Hall–Kier alpha value is -2.44. The van der Waals surface area contributed by atoms with E-state index in [1.165, 1.54) is 24.3 Å². The van der Waals surface area contributed by atoms with Crippen molar-refractivity contribution in [1.29, 1.82) is 0 Å². The molecule has 1 unspecified atom stereocenters. The first-order valence-electron chi connectivity index (χ1n) is 6.34. The summed E-state index contributed by atoms with van der Waals surface area (Å²) in [5.74, 6) is -0.642. The Kier molecular flexibility index (Phi) is 4.44. The van der Waals surface area contributed by atoms with Gasteiger partial charge < -0.3 is 10.8 Å². The average molecular weight is 321 g/mol. The van der Waals surface area contributed by atoms with Gasteiger partial charge in [-0.3, -0.25) is 14.9 Å². The van der Waals surface area contributed by atoms with Gasteiger partial charge in [-0.1, -0.05) is 35.9 Å². The quantitative estimate of drug-likeness (QED) is 0.503. The summed E-state index contributed by atoms with van der Waals surface area (Å²) in [6.07, 6.45) is 5.17. The molecule has 1 atom stereocenters. The van der Waals surface area contributed by atoms with Crippen molar-refractivity contribution in [3.63, 3.8) is 0 Å². The van der Waals surface area contributed by atoms with E-state index < -0.39 is 16.4 Å². The third-order valence-electron chi connectivity index (χ3n) is 3.30. The van der Waals surface area contributed by atoms with Gasteiger partial charge in [0.1, 0.15) is 0 Å². The van der Waals surface area contributed by atoms with Crippen molar-refractivity contribution in [2.24, 2.45) is 5.73 Å². The normalized spacial score (nSPS) is 21.4. The summed E-state index contributed by atoms with van der Waals surface area (Å²) in [6.45, 7) is 0. The number of allylic oxidation sites excluding steroid dienone is 3. The van der Waals surface area contributed by atoms with Crippen molar-refractivity contribution in [3.05, 3.63) is 80.5 Å². The lowest BCUT2D eigenvalue weighted by atomic mass is 9.81. The molecule has 0 radical (unpaired) electrons. The molecule has 1 aliphatic carbocycles. The third-order valence-corrected chi connectivity index (χ3v) is 3.53. The maximum absolute atomic E-state index is 11.2. The van der Waals surface area contributed by atoms with Gasteiger partial charge in [-0.15, -0.1) is 0 Å². The minimum Gasteiger partial charge on any atom is -0.374 e. The first-order valence-corrected chi connectivity index (χ1v) is 6.72. The predicted molar refractivity (Wildman–Crippen MR) is 81.5 cm³/mol. The first kappa shape index (κ1) is 15.9. The second-order valence-corrected chi connectivity index (χ2v) is 5.27. The second kappa shape index (κ2) is 6.13. The topological polar surface area (TPSA) is 106 Å². The molecular formula is C15H13ClN2O4. The summed E-state index contributed by atoms with van der Waals surface area (Å²) < 4.78 is 0. The zero-order chi connectivity index (χ0) is 16.3. The highest BCUT2D eigenvalue weighted by Gasteiger charge is 2.44. The van der Waals surface area contributed by atoms with Gasteiger partial charge in [-0.25, -0.2) is 0 Å². The lowest BCUT2D eigenvalue weighted by Gasteiger charge is -2.28. The number of aliphatic hydroxyl groups is 1. The summed E-state index contributed by atoms with van der Waals surface area (Å²) >= 11 is 5.90. The van der Waals surface area contributed by atoms with Gasteiger partial charge in [0.2, 0.25) is 5.91 Å². The van der Waals surface area contributed by atoms with Crippen LogP contribution in [0.25, 0.3) is 0 Å². The molecule has 0 bridgehead atoms. The molecule has 3 N–H and O–H groups in total. The van der Waals surface area contributed by atoms with Gasteiger partial charge in [-0.05, 0) is 23.3 Å². The van der Waals surface area contributed by atoms with Crippen LogP contribution in [0.3, 0.4) is 0 Å². The highest BCUT2D eigenvalue weighted by atomic mass is 35.5. The number of nitrogens with zero attached hydrogens (tertiary/aromatic N) is 1. The number of amides is 1. The maximum atomic E-state index is 11.2. The van der Waals surface area contributed by atoms with Gasteiger partial charge in [-0.2, -0.15) is 0 Å². The SMILES string of the molecule is NC(=O)/C=C/C1=CC=C([N+](=O)[O-])C(O)(c2cccc(Cl)c2)C1. The van der Waals surface area contributed by atoms with E-state index >= 15 is 0 Å². The van der Waals surface area contributed by atoms with Crippen LogP contribution < -0.4 is 5.73 Å². The van der Waals surface area contributed by atoms with Crippen molar-refractivity contribution in [1.82, 2.24) is 0 Å². The van der Waals surface area contributed by atoms with E-state index in [1.807, 2.05) is 0 Å². The summed E-state index contributed by atoms with van der Waals surface area (Å²) in [6, 6.07) is 6.24. The number of nitrogens with two attached hydrogens (primary N) is 1. The first-order chi connectivity index (χ1) is 10.3. The van der Waals surface area contributed by atoms with Crippen LogP contribution >= 0.6 is 11.6 Å². The van der Waals surface area contributed by atoms with E-state index in [9.17, 15) is 20.0 Å². The summed E-state index contributed by atoms with van der Waals surface area (Å²) in [7, 11) is 0.